The molecule has 0 unspecified atom stereocenters. The highest BCUT2D eigenvalue weighted by atomic mass is 16.5. The van der Waals surface area contributed by atoms with Crippen molar-refractivity contribution in [3.63, 3.8) is 0 Å². The highest BCUT2D eigenvalue weighted by Gasteiger charge is 2.17. The fourth-order valence-electron chi connectivity index (χ4n) is 3.33. The highest BCUT2D eigenvalue weighted by molar-refractivity contribution is 5.90. The molecule has 3 heterocycles. The van der Waals surface area contributed by atoms with E-state index in [0.717, 1.165) is 47.5 Å². The Hall–Kier alpha value is -2.37. The molecule has 1 fully saturated rings. The summed E-state index contributed by atoms with van der Waals surface area (Å²) in [6.07, 6.45) is 6.21. The van der Waals surface area contributed by atoms with Crippen LogP contribution in [0.3, 0.4) is 0 Å². The minimum absolute atomic E-state index is 0.0536. The molecule has 3 aromatic rings. The van der Waals surface area contributed by atoms with E-state index in [0.29, 0.717) is 6.61 Å². The minimum Gasteiger partial charge on any atom is -0.490 e. The predicted octanol–water partition coefficient (Wildman–Crippen LogP) is 3.83. The van der Waals surface area contributed by atoms with Gasteiger partial charge in [0, 0.05) is 42.6 Å². The van der Waals surface area contributed by atoms with Crippen molar-refractivity contribution in [3.8, 4) is 16.9 Å². The van der Waals surface area contributed by atoms with Gasteiger partial charge in [0.1, 0.15) is 18.5 Å². The van der Waals surface area contributed by atoms with Crippen LogP contribution >= 0.6 is 0 Å². The monoisotopic (exact) mass is 365 g/mol. The molecule has 0 saturated carbocycles. The van der Waals surface area contributed by atoms with Gasteiger partial charge in [-0.2, -0.15) is 0 Å². The molecule has 5 heteroatoms. The molecule has 1 aliphatic heterocycles. The van der Waals surface area contributed by atoms with Crippen LogP contribution in [-0.2, 0) is 10.3 Å². The Labute approximate surface area is 160 Å². The molecular formula is C22H27N3O2. The lowest BCUT2D eigenvalue weighted by Gasteiger charge is -2.24. The van der Waals surface area contributed by atoms with Gasteiger partial charge in [0.2, 0.25) is 0 Å². The Kier molecular flexibility index (Phi) is 4.89. The standard InChI is InChI=1S/C22H27N3O2/c1-22(2,3)25-9-6-16(14-25)17-11-20-19(5-4-7-24-20)21(12-17)27-15-18-13-23-8-10-26-18/h4-7,9,11-12,14,18,23H,8,10,13,15H2,1-3H3/t18-/m0/s1. The third-order valence-electron chi connectivity index (χ3n) is 4.91. The number of fused-ring (bicyclic) bond motifs is 1. The van der Waals surface area contributed by atoms with Crippen molar-refractivity contribution < 1.29 is 9.47 Å². The maximum atomic E-state index is 6.18. The second-order valence-corrected chi connectivity index (χ2v) is 8.03. The number of nitrogens with one attached hydrogen (secondary N) is 1. The average molecular weight is 365 g/mol. The zero-order valence-electron chi connectivity index (χ0n) is 16.2. The predicted molar refractivity (Wildman–Crippen MR) is 108 cm³/mol. The summed E-state index contributed by atoms with van der Waals surface area (Å²) in [6, 6.07) is 10.4. The number of aromatic nitrogens is 2. The van der Waals surface area contributed by atoms with Gasteiger partial charge in [0.05, 0.1) is 12.1 Å². The Balaban J connectivity index is 1.66. The molecule has 1 N–H and O–H groups in total. The first-order chi connectivity index (χ1) is 13.0. The molecule has 1 aromatic carbocycles. The first-order valence-electron chi connectivity index (χ1n) is 9.53. The van der Waals surface area contributed by atoms with Gasteiger partial charge in [0.15, 0.2) is 0 Å². The Morgan fingerprint density at radius 1 is 1.26 bits per heavy atom. The number of pyridine rings is 1. The first-order valence-corrected chi connectivity index (χ1v) is 9.53. The van der Waals surface area contributed by atoms with Gasteiger partial charge in [-0.25, -0.2) is 0 Å². The molecule has 1 saturated heterocycles. The zero-order valence-corrected chi connectivity index (χ0v) is 16.2. The Bertz CT molecular complexity index is 921. The summed E-state index contributed by atoms with van der Waals surface area (Å²) in [5.41, 5.74) is 3.27. The molecule has 1 atom stereocenters. The molecule has 0 spiro atoms. The third kappa shape index (κ3) is 3.99. The first kappa shape index (κ1) is 18.0. The molecule has 0 bridgehead atoms. The van der Waals surface area contributed by atoms with E-state index in [1.54, 1.807) is 0 Å². The van der Waals surface area contributed by atoms with Gasteiger partial charge in [-0.15, -0.1) is 0 Å². The van der Waals surface area contributed by atoms with Crippen LogP contribution < -0.4 is 10.1 Å². The van der Waals surface area contributed by atoms with Crippen LogP contribution in [0.1, 0.15) is 20.8 Å². The fraction of sp³-hybridized carbons (Fsp3) is 0.409. The number of rotatable bonds is 4. The maximum absolute atomic E-state index is 6.18. The van der Waals surface area contributed by atoms with Crippen LogP contribution in [0.4, 0.5) is 0 Å². The Morgan fingerprint density at radius 3 is 2.89 bits per heavy atom. The highest BCUT2D eigenvalue weighted by Crippen LogP contribution is 2.33. The number of ether oxygens (including phenoxy) is 2. The van der Waals surface area contributed by atoms with Gasteiger partial charge >= 0.3 is 0 Å². The average Bonchev–Trinajstić information content (AvgIpc) is 3.17. The lowest BCUT2D eigenvalue weighted by atomic mass is 10.1. The summed E-state index contributed by atoms with van der Waals surface area (Å²) in [7, 11) is 0. The van der Waals surface area contributed by atoms with Gasteiger partial charge in [-0.3, -0.25) is 4.98 Å². The van der Waals surface area contributed by atoms with Crippen LogP contribution in [0, 0.1) is 0 Å². The number of nitrogens with zero attached hydrogens (tertiary/aromatic N) is 2. The van der Waals surface area contributed by atoms with E-state index in [4.69, 9.17) is 9.47 Å². The van der Waals surface area contributed by atoms with Crippen molar-refractivity contribution in [2.75, 3.05) is 26.3 Å². The van der Waals surface area contributed by atoms with Crippen molar-refractivity contribution in [3.05, 3.63) is 48.9 Å². The second-order valence-electron chi connectivity index (χ2n) is 8.03. The van der Waals surface area contributed by atoms with Crippen LogP contribution in [0.15, 0.2) is 48.9 Å². The topological polar surface area (TPSA) is 48.3 Å². The van der Waals surface area contributed by atoms with E-state index in [2.05, 4.69) is 72.3 Å². The summed E-state index contributed by atoms with van der Waals surface area (Å²) in [6.45, 7) is 9.59. The molecular weight excluding hydrogens is 338 g/mol. The van der Waals surface area contributed by atoms with E-state index >= 15 is 0 Å². The summed E-state index contributed by atoms with van der Waals surface area (Å²) >= 11 is 0. The smallest absolute Gasteiger partial charge is 0.129 e. The zero-order chi connectivity index (χ0) is 18.9. The minimum atomic E-state index is 0.0536. The lowest BCUT2D eigenvalue weighted by molar-refractivity contribution is 0.000518. The molecule has 0 aliphatic carbocycles. The molecule has 27 heavy (non-hydrogen) atoms. The molecule has 0 amide bonds. The van der Waals surface area contributed by atoms with E-state index in [1.165, 1.54) is 0 Å². The largest absolute Gasteiger partial charge is 0.490 e. The van der Waals surface area contributed by atoms with Crippen molar-refractivity contribution in [2.24, 2.45) is 0 Å². The van der Waals surface area contributed by atoms with Crippen LogP contribution in [-0.4, -0.2) is 42.0 Å². The lowest BCUT2D eigenvalue weighted by Crippen LogP contribution is -2.41. The SMILES string of the molecule is CC(C)(C)n1ccc(-c2cc(OC[C@@H]3CNCCO3)c3cccnc3c2)c1. The van der Waals surface area contributed by atoms with Crippen molar-refractivity contribution in [1.82, 2.24) is 14.9 Å². The van der Waals surface area contributed by atoms with Gasteiger partial charge in [-0.05, 0) is 62.2 Å². The summed E-state index contributed by atoms with van der Waals surface area (Å²) < 4.78 is 14.2. The molecule has 0 radical (unpaired) electrons. The second kappa shape index (κ2) is 7.33. The molecule has 5 nitrogen and oxygen atoms in total. The van der Waals surface area contributed by atoms with E-state index < -0.39 is 0 Å². The quantitative estimate of drug-likeness (QED) is 0.763. The number of hydrogen-bond acceptors (Lipinski definition) is 4. The Morgan fingerprint density at radius 2 is 2.15 bits per heavy atom. The van der Waals surface area contributed by atoms with Gasteiger partial charge < -0.3 is 19.4 Å². The third-order valence-corrected chi connectivity index (χ3v) is 4.91. The number of hydrogen-bond donors (Lipinski definition) is 1. The van der Waals surface area contributed by atoms with Crippen molar-refractivity contribution in [1.29, 1.82) is 0 Å². The summed E-state index contributed by atoms with van der Waals surface area (Å²) in [5, 5.41) is 4.37. The van der Waals surface area contributed by atoms with Crippen LogP contribution in [0.2, 0.25) is 0 Å². The van der Waals surface area contributed by atoms with Crippen LogP contribution in [0.5, 0.6) is 5.75 Å². The summed E-state index contributed by atoms with van der Waals surface area (Å²) in [5.74, 6) is 0.855. The van der Waals surface area contributed by atoms with E-state index in [-0.39, 0.29) is 11.6 Å². The van der Waals surface area contributed by atoms with E-state index in [9.17, 15) is 0 Å². The molecule has 2 aromatic heterocycles. The van der Waals surface area contributed by atoms with Crippen LogP contribution in [0.25, 0.3) is 22.0 Å². The fourth-order valence-corrected chi connectivity index (χ4v) is 3.33. The summed E-state index contributed by atoms with van der Waals surface area (Å²) in [4.78, 5) is 4.55. The normalized spacial score (nSPS) is 18.0. The molecule has 1 aliphatic rings. The number of morpholine rings is 1. The van der Waals surface area contributed by atoms with Gasteiger partial charge in [0.25, 0.3) is 0 Å². The molecule has 142 valence electrons. The van der Waals surface area contributed by atoms with Crippen molar-refractivity contribution >= 4 is 10.9 Å². The van der Waals surface area contributed by atoms with E-state index in [1.807, 2.05) is 12.3 Å². The molecule has 4 rings (SSSR count). The number of benzene rings is 1. The maximum Gasteiger partial charge on any atom is 0.129 e. The van der Waals surface area contributed by atoms with Crippen molar-refractivity contribution in [2.45, 2.75) is 32.4 Å². The van der Waals surface area contributed by atoms with Gasteiger partial charge in [-0.1, -0.05) is 0 Å².